The number of carbonyl (C=O) groups is 2. The molecule has 2 aliphatic heterocycles. The first-order valence-corrected chi connectivity index (χ1v) is 11.0. The third-order valence-electron chi connectivity index (χ3n) is 5.99. The zero-order chi connectivity index (χ0) is 23.0. The lowest BCUT2D eigenvalue weighted by Gasteiger charge is -2.50. The van der Waals surface area contributed by atoms with Crippen molar-refractivity contribution in [3.63, 3.8) is 0 Å². The highest BCUT2D eigenvalue weighted by molar-refractivity contribution is 6.05. The molecule has 2 unspecified atom stereocenters. The number of amides is 3. The average Bonchev–Trinajstić information content (AvgIpc) is 2.80. The summed E-state index contributed by atoms with van der Waals surface area (Å²) in [6.07, 6.45) is 0.621. The van der Waals surface area contributed by atoms with Gasteiger partial charge in [0.2, 0.25) is 0 Å². The van der Waals surface area contributed by atoms with Crippen LogP contribution in [0.1, 0.15) is 42.2 Å². The number of urea groups is 1. The van der Waals surface area contributed by atoms with Crippen LogP contribution in [-0.4, -0.2) is 24.3 Å². The SMILES string of the molecule is CCOc1ccc(NC(=O)c2ccc(N3C(=O)NC4CC3(C)Oc3ccccc34)cc2)cc1. The zero-order valence-electron chi connectivity index (χ0n) is 18.5. The first-order chi connectivity index (χ1) is 16.0. The molecule has 7 heteroatoms. The van der Waals surface area contributed by atoms with Crippen LogP contribution in [0, 0.1) is 0 Å². The minimum absolute atomic E-state index is 0.0946. The maximum atomic E-state index is 13.0. The first kappa shape index (κ1) is 20.9. The Bertz CT molecular complexity index is 1190. The van der Waals surface area contributed by atoms with Gasteiger partial charge in [0.05, 0.1) is 12.6 Å². The number of fused-ring (bicyclic) bond motifs is 4. The molecule has 2 aliphatic rings. The molecule has 1 saturated heterocycles. The van der Waals surface area contributed by atoms with E-state index in [9.17, 15) is 9.59 Å². The van der Waals surface area contributed by atoms with E-state index in [4.69, 9.17) is 9.47 Å². The summed E-state index contributed by atoms with van der Waals surface area (Å²) >= 11 is 0. The molecule has 168 valence electrons. The zero-order valence-corrected chi connectivity index (χ0v) is 18.5. The molecule has 33 heavy (non-hydrogen) atoms. The molecule has 3 amide bonds. The van der Waals surface area contributed by atoms with E-state index < -0.39 is 5.72 Å². The summed E-state index contributed by atoms with van der Waals surface area (Å²) in [5.41, 5.74) is 1.99. The number of nitrogens with zero attached hydrogens (tertiary/aromatic N) is 1. The van der Waals surface area contributed by atoms with Crippen LogP contribution in [0.5, 0.6) is 11.5 Å². The van der Waals surface area contributed by atoms with Crippen LogP contribution >= 0.6 is 0 Å². The Hall–Kier alpha value is -4.00. The molecule has 2 N–H and O–H groups in total. The van der Waals surface area contributed by atoms with E-state index in [1.165, 1.54) is 0 Å². The highest BCUT2D eigenvalue weighted by Gasteiger charge is 2.49. The van der Waals surface area contributed by atoms with Gasteiger partial charge < -0.3 is 20.1 Å². The maximum absolute atomic E-state index is 13.0. The standard InChI is InChI=1S/C26H25N3O4/c1-3-32-20-14-10-18(11-15-20)27-24(30)17-8-12-19(13-9-17)29-25(31)28-22-16-26(29,2)33-23-7-5-4-6-21(22)23/h4-15,22H,3,16H2,1-2H3,(H,27,30)(H,28,31). The lowest BCUT2D eigenvalue weighted by Crippen LogP contribution is -2.65. The normalized spacial score (nSPS) is 20.8. The largest absolute Gasteiger partial charge is 0.494 e. The minimum Gasteiger partial charge on any atom is -0.494 e. The fourth-order valence-corrected chi connectivity index (χ4v) is 4.48. The van der Waals surface area contributed by atoms with Crippen molar-refractivity contribution >= 4 is 23.3 Å². The molecule has 3 aromatic carbocycles. The minimum atomic E-state index is -0.826. The number of rotatable bonds is 5. The van der Waals surface area contributed by atoms with Gasteiger partial charge in [0.15, 0.2) is 5.72 Å². The first-order valence-electron chi connectivity index (χ1n) is 11.0. The van der Waals surface area contributed by atoms with E-state index in [1.807, 2.05) is 50.2 Å². The molecular formula is C26H25N3O4. The Labute approximate surface area is 192 Å². The van der Waals surface area contributed by atoms with Gasteiger partial charge >= 0.3 is 6.03 Å². The van der Waals surface area contributed by atoms with Crippen LogP contribution in [0.2, 0.25) is 0 Å². The predicted molar refractivity (Wildman–Crippen MR) is 126 cm³/mol. The quantitative estimate of drug-likeness (QED) is 0.575. The van der Waals surface area contributed by atoms with Gasteiger partial charge in [0.1, 0.15) is 11.5 Å². The maximum Gasteiger partial charge on any atom is 0.325 e. The van der Waals surface area contributed by atoms with Crippen LogP contribution in [0.15, 0.2) is 72.8 Å². The van der Waals surface area contributed by atoms with Crippen LogP contribution in [0.4, 0.5) is 16.2 Å². The second kappa shape index (κ2) is 8.16. The fourth-order valence-electron chi connectivity index (χ4n) is 4.48. The van der Waals surface area contributed by atoms with Crippen LogP contribution in [0.25, 0.3) is 0 Å². The van der Waals surface area contributed by atoms with Crippen LogP contribution in [-0.2, 0) is 0 Å². The van der Waals surface area contributed by atoms with E-state index in [-0.39, 0.29) is 18.0 Å². The molecule has 2 atom stereocenters. The second-order valence-electron chi connectivity index (χ2n) is 8.31. The average molecular weight is 444 g/mol. The summed E-state index contributed by atoms with van der Waals surface area (Å²) in [5, 5.41) is 5.96. The van der Waals surface area contributed by atoms with Crippen molar-refractivity contribution in [1.82, 2.24) is 5.32 Å². The fraction of sp³-hybridized carbons (Fsp3) is 0.231. The van der Waals surface area contributed by atoms with Gasteiger partial charge in [-0.25, -0.2) is 4.79 Å². The summed E-state index contributed by atoms with van der Waals surface area (Å²) in [7, 11) is 0. The van der Waals surface area contributed by atoms with E-state index in [1.54, 1.807) is 41.3 Å². The summed E-state index contributed by atoms with van der Waals surface area (Å²) in [4.78, 5) is 27.3. The number of carbonyl (C=O) groups excluding carboxylic acids is 2. The van der Waals surface area contributed by atoms with Gasteiger partial charge in [-0.2, -0.15) is 0 Å². The van der Waals surface area contributed by atoms with E-state index in [0.29, 0.717) is 30.0 Å². The molecule has 2 bridgehead atoms. The van der Waals surface area contributed by atoms with Crippen molar-refractivity contribution in [2.45, 2.75) is 32.0 Å². The Morgan fingerprint density at radius 3 is 2.58 bits per heavy atom. The molecule has 1 fully saturated rings. The van der Waals surface area contributed by atoms with Gasteiger partial charge in [-0.1, -0.05) is 18.2 Å². The van der Waals surface area contributed by atoms with Gasteiger partial charge in [0, 0.05) is 28.9 Å². The topological polar surface area (TPSA) is 79.9 Å². The predicted octanol–water partition coefficient (Wildman–Crippen LogP) is 5.11. The Balaban J connectivity index is 1.34. The van der Waals surface area contributed by atoms with E-state index in [0.717, 1.165) is 17.1 Å². The van der Waals surface area contributed by atoms with Crippen molar-refractivity contribution in [3.8, 4) is 11.5 Å². The molecular weight excluding hydrogens is 418 g/mol. The number of benzene rings is 3. The number of hydrogen-bond acceptors (Lipinski definition) is 4. The summed E-state index contributed by atoms with van der Waals surface area (Å²) in [5.74, 6) is 1.29. The summed E-state index contributed by atoms with van der Waals surface area (Å²) in [6, 6.07) is 21.6. The van der Waals surface area contributed by atoms with Crippen molar-refractivity contribution in [3.05, 3.63) is 83.9 Å². The van der Waals surface area contributed by atoms with E-state index in [2.05, 4.69) is 10.6 Å². The Kier molecular flexibility index (Phi) is 5.17. The number of nitrogens with one attached hydrogen (secondary N) is 2. The monoisotopic (exact) mass is 443 g/mol. The smallest absolute Gasteiger partial charge is 0.325 e. The highest BCUT2D eigenvalue weighted by Crippen LogP contribution is 2.45. The Morgan fingerprint density at radius 1 is 1.12 bits per heavy atom. The number of anilines is 2. The molecule has 3 aromatic rings. The molecule has 0 spiro atoms. The summed E-state index contributed by atoms with van der Waals surface area (Å²) in [6.45, 7) is 4.43. The van der Waals surface area contributed by atoms with Crippen molar-refractivity contribution < 1.29 is 19.1 Å². The van der Waals surface area contributed by atoms with Crippen molar-refractivity contribution in [2.24, 2.45) is 0 Å². The van der Waals surface area contributed by atoms with Gasteiger partial charge in [0.25, 0.3) is 5.91 Å². The molecule has 0 aromatic heterocycles. The highest BCUT2D eigenvalue weighted by atomic mass is 16.5. The number of ether oxygens (including phenoxy) is 2. The van der Waals surface area contributed by atoms with Crippen molar-refractivity contribution in [1.29, 1.82) is 0 Å². The van der Waals surface area contributed by atoms with Gasteiger partial charge in [-0.3, -0.25) is 9.69 Å². The van der Waals surface area contributed by atoms with E-state index >= 15 is 0 Å². The number of hydrogen-bond donors (Lipinski definition) is 2. The van der Waals surface area contributed by atoms with Crippen LogP contribution in [0.3, 0.4) is 0 Å². The van der Waals surface area contributed by atoms with Gasteiger partial charge in [-0.05, 0) is 68.4 Å². The molecule has 0 saturated carbocycles. The lowest BCUT2D eigenvalue weighted by atomic mass is 9.90. The van der Waals surface area contributed by atoms with Gasteiger partial charge in [-0.15, -0.1) is 0 Å². The summed E-state index contributed by atoms with van der Waals surface area (Å²) < 4.78 is 11.7. The molecule has 0 radical (unpaired) electrons. The molecule has 7 nitrogen and oxygen atoms in total. The third kappa shape index (κ3) is 3.86. The lowest BCUT2D eigenvalue weighted by molar-refractivity contribution is 0.0379. The van der Waals surface area contributed by atoms with Crippen molar-refractivity contribution in [2.75, 3.05) is 16.8 Å². The second-order valence-corrected chi connectivity index (χ2v) is 8.31. The molecule has 0 aliphatic carbocycles. The molecule has 5 rings (SSSR count). The third-order valence-corrected chi connectivity index (χ3v) is 5.99. The van der Waals surface area contributed by atoms with Crippen LogP contribution < -0.4 is 25.0 Å². The number of para-hydroxylation sites is 1. The Morgan fingerprint density at radius 2 is 1.85 bits per heavy atom. The molecule has 2 heterocycles.